The van der Waals surface area contributed by atoms with E-state index in [1.807, 2.05) is 0 Å². The zero-order valence-electron chi connectivity index (χ0n) is 13.3. The van der Waals surface area contributed by atoms with Gasteiger partial charge in [0.1, 0.15) is 0 Å². The van der Waals surface area contributed by atoms with Crippen molar-refractivity contribution in [3.05, 3.63) is 35.9 Å². The smallest absolute Gasteiger partial charge is 0.0613 e. The van der Waals surface area contributed by atoms with E-state index in [0.717, 1.165) is 32.7 Å². The molecule has 3 unspecified atom stereocenters. The van der Waals surface area contributed by atoms with Gasteiger partial charge in [-0.25, -0.2) is 0 Å². The highest BCUT2D eigenvalue weighted by atomic mass is 16.5. The number of piperazine rings is 1. The van der Waals surface area contributed by atoms with Crippen molar-refractivity contribution in [1.29, 1.82) is 0 Å². The van der Waals surface area contributed by atoms with Crippen molar-refractivity contribution in [2.75, 3.05) is 32.8 Å². The minimum absolute atomic E-state index is 0.0701. The molecule has 0 aromatic heterocycles. The van der Waals surface area contributed by atoms with Gasteiger partial charge in [-0.05, 0) is 31.2 Å². The van der Waals surface area contributed by atoms with Gasteiger partial charge in [-0.1, -0.05) is 37.3 Å². The Kier molecular flexibility index (Phi) is 4.63. The summed E-state index contributed by atoms with van der Waals surface area (Å²) in [4.78, 5) is 2.63. The van der Waals surface area contributed by atoms with Crippen LogP contribution in [-0.2, 0) is 10.3 Å². The summed E-state index contributed by atoms with van der Waals surface area (Å²) >= 11 is 0. The lowest BCUT2D eigenvalue weighted by Crippen LogP contribution is -2.57. The molecule has 1 aromatic carbocycles. The molecule has 0 bridgehead atoms. The van der Waals surface area contributed by atoms with Gasteiger partial charge in [0.05, 0.1) is 11.6 Å². The van der Waals surface area contributed by atoms with Crippen LogP contribution in [0, 0.1) is 5.92 Å². The average molecular weight is 288 g/mol. The first-order valence-corrected chi connectivity index (χ1v) is 8.36. The van der Waals surface area contributed by atoms with Crippen LogP contribution < -0.4 is 5.32 Å². The number of ether oxygens (including phenoxy) is 1. The van der Waals surface area contributed by atoms with Crippen LogP contribution in [0.25, 0.3) is 0 Å². The number of hydrogen-bond acceptors (Lipinski definition) is 3. The van der Waals surface area contributed by atoms with Crippen LogP contribution >= 0.6 is 0 Å². The Morgan fingerprint density at radius 3 is 2.90 bits per heavy atom. The van der Waals surface area contributed by atoms with Crippen molar-refractivity contribution in [2.45, 2.75) is 38.3 Å². The molecular formula is C18H28N2O. The van der Waals surface area contributed by atoms with E-state index >= 15 is 0 Å². The molecule has 0 radical (unpaired) electrons. The zero-order chi connectivity index (χ0) is 14.7. The molecular weight excluding hydrogens is 260 g/mol. The Hall–Kier alpha value is -0.900. The Bertz CT molecular complexity index is 450. The van der Waals surface area contributed by atoms with E-state index in [1.165, 1.54) is 18.5 Å². The highest BCUT2D eigenvalue weighted by Crippen LogP contribution is 2.28. The number of rotatable bonds is 4. The average Bonchev–Trinajstić information content (AvgIpc) is 2.95. The lowest BCUT2D eigenvalue weighted by molar-refractivity contribution is 0.0626. The predicted octanol–water partition coefficient (Wildman–Crippen LogP) is 2.62. The third-order valence-corrected chi connectivity index (χ3v) is 5.14. The number of hydrogen-bond donors (Lipinski definition) is 1. The van der Waals surface area contributed by atoms with Crippen LogP contribution in [-0.4, -0.2) is 43.8 Å². The van der Waals surface area contributed by atoms with E-state index < -0.39 is 0 Å². The third kappa shape index (κ3) is 3.31. The molecule has 1 N–H and O–H groups in total. The summed E-state index contributed by atoms with van der Waals surface area (Å²) in [6.45, 7) is 10.0. The van der Waals surface area contributed by atoms with E-state index in [1.54, 1.807) is 0 Å². The van der Waals surface area contributed by atoms with E-state index in [-0.39, 0.29) is 5.54 Å². The summed E-state index contributed by atoms with van der Waals surface area (Å²) in [5, 5.41) is 3.72. The van der Waals surface area contributed by atoms with E-state index in [0.29, 0.717) is 12.0 Å². The molecule has 3 nitrogen and oxygen atoms in total. The van der Waals surface area contributed by atoms with Crippen LogP contribution in [0.15, 0.2) is 30.3 Å². The molecule has 2 heterocycles. The van der Waals surface area contributed by atoms with Crippen molar-refractivity contribution < 1.29 is 4.74 Å². The highest BCUT2D eigenvalue weighted by molar-refractivity contribution is 5.24. The second kappa shape index (κ2) is 6.47. The first-order valence-electron chi connectivity index (χ1n) is 8.36. The van der Waals surface area contributed by atoms with Crippen LogP contribution in [0.2, 0.25) is 0 Å². The maximum absolute atomic E-state index is 5.85. The first-order chi connectivity index (χ1) is 10.2. The standard InChI is InChI=1S/C18H28N2O/c1-3-17-15(9-12-21-17)13-20-11-10-19-18(2,14-20)16-7-5-4-6-8-16/h4-8,15,17,19H,3,9-14H2,1-2H3. The van der Waals surface area contributed by atoms with Gasteiger partial charge in [-0.2, -0.15) is 0 Å². The Balaban J connectivity index is 1.66. The van der Waals surface area contributed by atoms with Gasteiger partial charge in [0, 0.05) is 32.8 Å². The summed E-state index contributed by atoms with van der Waals surface area (Å²) in [6.07, 6.45) is 2.85. The highest BCUT2D eigenvalue weighted by Gasteiger charge is 2.35. The fourth-order valence-corrected chi connectivity index (χ4v) is 3.91. The SMILES string of the molecule is CCC1OCCC1CN1CCNC(C)(c2ccccc2)C1. The molecule has 0 aliphatic carbocycles. The molecule has 3 atom stereocenters. The second-order valence-electron chi connectivity index (χ2n) is 6.73. The Morgan fingerprint density at radius 1 is 1.33 bits per heavy atom. The van der Waals surface area contributed by atoms with Gasteiger partial charge in [-0.3, -0.25) is 4.90 Å². The fraction of sp³-hybridized carbons (Fsp3) is 0.667. The molecule has 2 aliphatic rings. The van der Waals surface area contributed by atoms with Gasteiger partial charge in [0.15, 0.2) is 0 Å². The lowest BCUT2D eigenvalue weighted by atomic mass is 9.88. The molecule has 2 fully saturated rings. The molecule has 3 heteroatoms. The monoisotopic (exact) mass is 288 g/mol. The molecule has 21 heavy (non-hydrogen) atoms. The quantitative estimate of drug-likeness (QED) is 0.922. The van der Waals surface area contributed by atoms with Gasteiger partial charge in [0.2, 0.25) is 0 Å². The molecule has 3 rings (SSSR count). The summed E-state index contributed by atoms with van der Waals surface area (Å²) in [5.41, 5.74) is 1.46. The number of nitrogens with one attached hydrogen (secondary N) is 1. The number of nitrogens with zero attached hydrogens (tertiary/aromatic N) is 1. The van der Waals surface area contributed by atoms with Crippen molar-refractivity contribution >= 4 is 0 Å². The van der Waals surface area contributed by atoms with Crippen molar-refractivity contribution in [3.63, 3.8) is 0 Å². The molecule has 2 saturated heterocycles. The number of benzene rings is 1. The summed E-state index contributed by atoms with van der Waals surface area (Å²) < 4.78 is 5.85. The van der Waals surface area contributed by atoms with E-state index in [4.69, 9.17) is 4.74 Å². The zero-order valence-corrected chi connectivity index (χ0v) is 13.3. The molecule has 2 aliphatic heterocycles. The third-order valence-electron chi connectivity index (χ3n) is 5.14. The maximum atomic E-state index is 5.85. The summed E-state index contributed by atoms with van der Waals surface area (Å²) in [5.74, 6) is 0.716. The van der Waals surface area contributed by atoms with Gasteiger partial charge < -0.3 is 10.1 Å². The fourth-order valence-electron chi connectivity index (χ4n) is 3.91. The Labute approximate surface area is 128 Å². The molecule has 1 aromatic rings. The molecule has 0 amide bonds. The van der Waals surface area contributed by atoms with Crippen LogP contribution in [0.3, 0.4) is 0 Å². The van der Waals surface area contributed by atoms with Crippen molar-refractivity contribution in [3.8, 4) is 0 Å². The van der Waals surface area contributed by atoms with Gasteiger partial charge in [-0.15, -0.1) is 0 Å². The van der Waals surface area contributed by atoms with E-state index in [2.05, 4.69) is 54.4 Å². The van der Waals surface area contributed by atoms with Crippen molar-refractivity contribution in [2.24, 2.45) is 5.92 Å². The van der Waals surface area contributed by atoms with E-state index in [9.17, 15) is 0 Å². The van der Waals surface area contributed by atoms with Crippen molar-refractivity contribution in [1.82, 2.24) is 10.2 Å². The minimum atomic E-state index is 0.0701. The largest absolute Gasteiger partial charge is 0.378 e. The maximum Gasteiger partial charge on any atom is 0.0613 e. The normalized spacial score (nSPS) is 34.2. The lowest BCUT2D eigenvalue weighted by Gasteiger charge is -2.43. The minimum Gasteiger partial charge on any atom is -0.378 e. The molecule has 0 saturated carbocycles. The molecule has 116 valence electrons. The van der Waals surface area contributed by atoms with Gasteiger partial charge in [0.25, 0.3) is 0 Å². The Morgan fingerprint density at radius 2 is 2.14 bits per heavy atom. The summed E-state index contributed by atoms with van der Waals surface area (Å²) in [6, 6.07) is 10.8. The summed E-state index contributed by atoms with van der Waals surface area (Å²) in [7, 11) is 0. The second-order valence-corrected chi connectivity index (χ2v) is 6.73. The molecule has 0 spiro atoms. The predicted molar refractivity (Wildman–Crippen MR) is 86.4 cm³/mol. The first kappa shape index (κ1) is 15.0. The topological polar surface area (TPSA) is 24.5 Å². The van der Waals surface area contributed by atoms with Gasteiger partial charge >= 0.3 is 0 Å². The van der Waals surface area contributed by atoms with Crippen LogP contribution in [0.4, 0.5) is 0 Å². The van der Waals surface area contributed by atoms with Crippen LogP contribution in [0.5, 0.6) is 0 Å². The van der Waals surface area contributed by atoms with Crippen LogP contribution in [0.1, 0.15) is 32.3 Å².